The highest BCUT2D eigenvalue weighted by atomic mass is 19.4. The average molecular weight is 327 g/mol. The van der Waals surface area contributed by atoms with Crippen LogP contribution >= 0.6 is 0 Å². The molecule has 1 aromatic heterocycles. The number of nitrogens with two attached hydrogens (primary N) is 1. The van der Waals surface area contributed by atoms with Crippen molar-refractivity contribution >= 4 is 5.69 Å². The average Bonchev–Trinajstić information content (AvgIpc) is 2.49. The van der Waals surface area contributed by atoms with E-state index < -0.39 is 17.4 Å². The quantitative estimate of drug-likeness (QED) is 0.857. The summed E-state index contributed by atoms with van der Waals surface area (Å²) in [5, 5.41) is 0. The number of hydrogen-bond donors (Lipinski definition) is 1. The normalized spacial score (nSPS) is 11.5. The van der Waals surface area contributed by atoms with Crippen LogP contribution in [0.4, 0.5) is 18.9 Å². The van der Waals surface area contributed by atoms with E-state index in [4.69, 9.17) is 10.5 Å². The van der Waals surface area contributed by atoms with Gasteiger partial charge in [0, 0.05) is 18.2 Å². The Morgan fingerprint density at radius 2 is 1.91 bits per heavy atom. The van der Waals surface area contributed by atoms with Gasteiger partial charge in [0.1, 0.15) is 18.2 Å². The van der Waals surface area contributed by atoms with Gasteiger partial charge in [0.05, 0.1) is 6.54 Å². The summed E-state index contributed by atoms with van der Waals surface area (Å²) in [6.45, 7) is 1.88. The van der Waals surface area contributed by atoms with Crippen LogP contribution in [0.1, 0.15) is 18.4 Å². The van der Waals surface area contributed by atoms with Crippen LogP contribution in [0, 0.1) is 0 Å². The van der Waals surface area contributed by atoms with E-state index in [1.165, 1.54) is 4.57 Å². The lowest BCUT2D eigenvalue weighted by atomic mass is 10.3. The summed E-state index contributed by atoms with van der Waals surface area (Å²) in [6.07, 6.45) is -4.43. The molecule has 0 aliphatic heterocycles. The SMILES string of the molecule is CCc1nc(C(F)(F)F)cc(=O)n1CCOc1ccc(N)cc1. The van der Waals surface area contributed by atoms with Crippen LogP contribution in [0.5, 0.6) is 5.75 Å². The van der Waals surface area contributed by atoms with Gasteiger partial charge >= 0.3 is 6.18 Å². The number of ether oxygens (including phenoxy) is 1. The van der Waals surface area contributed by atoms with Crippen molar-refractivity contribution < 1.29 is 17.9 Å². The van der Waals surface area contributed by atoms with Gasteiger partial charge in [-0.15, -0.1) is 0 Å². The highest BCUT2D eigenvalue weighted by molar-refractivity contribution is 5.41. The highest BCUT2D eigenvalue weighted by Crippen LogP contribution is 2.26. The maximum Gasteiger partial charge on any atom is 0.433 e. The number of aryl methyl sites for hydroxylation is 1. The first-order chi connectivity index (χ1) is 10.8. The Kier molecular flexibility index (Phi) is 4.92. The minimum atomic E-state index is -4.64. The van der Waals surface area contributed by atoms with Gasteiger partial charge < -0.3 is 10.5 Å². The second-order valence-corrected chi connectivity index (χ2v) is 4.82. The third-order valence-corrected chi connectivity index (χ3v) is 3.16. The Morgan fingerprint density at radius 3 is 2.48 bits per heavy atom. The van der Waals surface area contributed by atoms with Crippen molar-refractivity contribution in [2.24, 2.45) is 0 Å². The molecule has 8 heteroatoms. The second kappa shape index (κ2) is 6.72. The zero-order valence-electron chi connectivity index (χ0n) is 12.4. The molecule has 0 amide bonds. The van der Waals surface area contributed by atoms with Gasteiger partial charge in [-0.2, -0.15) is 13.2 Å². The highest BCUT2D eigenvalue weighted by Gasteiger charge is 2.33. The van der Waals surface area contributed by atoms with E-state index in [1.54, 1.807) is 31.2 Å². The van der Waals surface area contributed by atoms with Crippen LogP contribution in [0.3, 0.4) is 0 Å². The fourth-order valence-electron chi connectivity index (χ4n) is 2.03. The Labute approximate surface area is 130 Å². The van der Waals surface area contributed by atoms with E-state index in [0.717, 1.165) is 0 Å². The molecule has 23 heavy (non-hydrogen) atoms. The molecular weight excluding hydrogens is 311 g/mol. The molecule has 1 aromatic carbocycles. The van der Waals surface area contributed by atoms with Gasteiger partial charge in [0.2, 0.25) is 0 Å². The molecule has 5 nitrogen and oxygen atoms in total. The van der Waals surface area contributed by atoms with Crippen molar-refractivity contribution in [2.75, 3.05) is 12.3 Å². The second-order valence-electron chi connectivity index (χ2n) is 4.82. The summed E-state index contributed by atoms with van der Waals surface area (Å²) in [4.78, 5) is 15.4. The molecule has 0 spiro atoms. The van der Waals surface area contributed by atoms with Crippen molar-refractivity contribution in [1.82, 2.24) is 9.55 Å². The van der Waals surface area contributed by atoms with Gasteiger partial charge in [-0.25, -0.2) is 4.98 Å². The third-order valence-electron chi connectivity index (χ3n) is 3.16. The fraction of sp³-hybridized carbons (Fsp3) is 0.333. The summed E-state index contributed by atoms with van der Waals surface area (Å²) < 4.78 is 44.7. The van der Waals surface area contributed by atoms with E-state index in [-0.39, 0.29) is 25.4 Å². The molecule has 0 saturated heterocycles. The summed E-state index contributed by atoms with van der Waals surface area (Å²) in [5.74, 6) is 0.635. The van der Waals surface area contributed by atoms with Crippen LogP contribution in [0.2, 0.25) is 0 Å². The lowest BCUT2D eigenvalue weighted by Crippen LogP contribution is -2.29. The van der Waals surface area contributed by atoms with Crippen LogP contribution in [0.15, 0.2) is 35.1 Å². The van der Waals surface area contributed by atoms with Crippen LogP contribution in [-0.2, 0) is 19.1 Å². The number of halogens is 3. The monoisotopic (exact) mass is 327 g/mol. The Balaban J connectivity index is 2.13. The summed E-state index contributed by atoms with van der Waals surface area (Å²) in [6, 6.07) is 7.17. The Hall–Kier alpha value is -2.51. The molecule has 1 heterocycles. The van der Waals surface area contributed by atoms with Crippen molar-refractivity contribution in [3.63, 3.8) is 0 Å². The molecule has 2 N–H and O–H groups in total. The van der Waals surface area contributed by atoms with Crippen molar-refractivity contribution in [2.45, 2.75) is 26.1 Å². The summed E-state index contributed by atoms with van der Waals surface area (Å²) in [5.41, 5.74) is 4.23. The lowest BCUT2D eigenvalue weighted by Gasteiger charge is -2.14. The number of benzene rings is 1. The molecule has 0 bridgehead atoms. The third kappa shape index (κ3) is 4.24. The molecular formula is C15H16F3N3O2. The molecule has 0 unspecified atom stereocenters. The maximum absolute atomic E-state index is 12.7. The van der Waals surface area contributed by atoms with Crippen molar-refractivity contribution in [3.8, 4) is 5.75 Å². The smallest absolute Gasteiger partial charge is 0.433 e. The van der Waals surface area contributed by atoms with Crippen LogP contribution < -0.4 is 16.0 Å². The summed E-state index contributed by atoms with van der Waals surface area (Å²) in [7, 11) is 0. The largest absolute Gasteiger partial charge is 0.492 e. The zero-order chi connectivity index (χ0) is 17.0. The maximum atomic E-state index is 12.7. The number of anilines is 1. The fourth-order valence-corrected chi connectivity index (χ4v) is 2.03. The van der Waals surface area contributed by atoms with Gasteiger partial charge in [0.25, 0.3) is 5.56 Å². The lowest BCUT2D eigenvalue weighted by molar-refractivity contribution is -0.141. The van der Waals surface area contributed by atoms with Crippen molar-refractivity contribution in [1.29, 1.82) is 0 Å². The molecule has 2 rings (SSSR count). The Bertz CT molecular complexity index is 724. The van der Waals surface area contributed by atoms with Gasteiger partial charge in [-0.1, -0.05) is 6.92 Å². The number of alkyl halides is 3. The predicted octanol–water partition coefficient (Wildman–Crippen LogP) is 2.49. The Morgan fingerprint density at radius 1 is 1.26 bits per heavy atom. The topological polar surface area (TPSA) is 70.1 Å². The number of rotatable bonds is 5. The molecule has 0 fully saturated rings. The summed E-state index contributed by atoms with van der Waals surface area (Å²) >= 11 is 0. The first kappa shape index (κ1) is 16.9. The van der Waals surface area contributed by atoms with Gasteiger partial charge in [-0.05, 0) is 24.3 Å². The minimum absolute atomic E-state index is 0.0748. The van der Waals surface area contributed by atoms with E-state index in [1.807, 2.05) is 0 Å². The first-order valence-corrected chi connectivity index (χ1v) is 6.97. The molecule has 124 valence electrons. The molecule has 0 atom stereocenters. The molecule has 0 radical (unpaired) electrons. The minimum Gasteiger partial charge on any atom is -0.492 e. The van der Waals surface area contributed by atoms with E-state index in [0.29, 0.717) is 17.5 Å². The number of nitrogen functional groups attached to an aromatic ring is 1. The van der Waals surface area contributed by atoms with Crippen LogP contribution in [0.25, 0.3) is 0 Å². The molecule has 2 aromatic rings. The standard InChI is InChI=1S/C15H16F3N3O2/c1-2-13-20-12(15(16,17)18)9-14(22)21(13)7-8-23-11-5-3-10(19)4-6-11/h3-6,9H,2,7-8,19H2,1H3. The molecule has 0 aliphatic carbocycles. The van der Waals surface area contributed by atoms with E-state index in [9.17, 15) is 18.0 Å². The van der Waals surface area contributed by atoms with E-state index >= 15 is 0 Å². The molecule has 0 aliphatic rings. The van der Waals surface area contributed by atoms with Crippen molar-refractivity contribution in [3.05, 3.63) is 52.2 Å². The number of hydrogen-bond acceptors (Lipinski definition) is 4. The predicted molar refractivity (Wildman–Crippen MR) is 79.2 cm³/mol. The van der Waals surface area contributed by atoms with Crippen LogP contribution in [-0.4, -0.2) is 16.2 Å². The molecule has 0 saturated carbocycles. The number of nitrogens with zero attached hydrogens (tertiary/aromatic N) is 2. The van der Waals surface area contributed by atoms with Gasteiger partial charge in [-0.3, -0.25) is 9.36 Å². The van der Waals surface area contributed by atoms with Gasteiger partial charge in [0.15, 0.2) is 5.69 Å². The first-order valence-electron chi connectivity index (χ1n) is 6.97. The zero-order valence-corrected chi connectivity index (χ0v) is 12.4. The van der Waals surface area contributed by atoms with E-state index in [2.05, 4.69) is 4.98 Å². The number of aromatic nitrogens is 2.